The van der Waals surface area contributed by atoms with Crippen LogP contribution >= 0.6 is 0 Å². The first-order valence-corrected chi connectivity index (χ1v) is 6.05. The summed E-state index contributed by atoms with van der Waals surface area (Å²) in [6.45, 7) is 2.67. The Kier molecular flexibility index (Phi) is 8.60. The molecule has 0 spiro atoms. The fourth-order valence-electron chi connectivity index (χ4n) is 1.43. The molecule has 0 heterocycles. The highest BCUT2D eigenvalue weighted by Gasteiger charge is 2.30. The topological polar surface area (TPSA) is 24.5 Å². The van der Waals surface area contributed by atoms with E-state index in [4.69, 9.17) is 4.74 Å². The summed E-state index contributed by atoms with van der Waals surface area (Å²) in [5.74, 6) is 0.240. The molecule has 1 aromatic rings. The van der Waals surface area contributed by atoms with Gasteiger partial charge in [-0.3, -0.25) is 0 Å². The van der Waals surface area contributed by atoms with Crippen LogP contribution in [0, 0.1) is 0 Å². The van der Waals surface area contributed by atoms with Crippen LogP contribution in [0.2, 0.25) is 0 Å². The lowest BCUT2D eigenvalue weighted by atomic mass is 10.2. The van der Waals surface area contributed by atoms with Gasteiger partial charge < -0.3 is 27.4 Å². The first kappa shape index (κ1) is 19.0. The molecule has 0 aliphatic heterocycles. The molecular formula is C13H19ClF3N2O-. The van der Waals surface area contributed by atoms with Crippen molar-refractivity contribution in [3.05, 3.63) is 29.8 Å². The van der Waals surface area contributed by atoms with Crippen LogP contribution in [0.5, 0.6) is 5.75 Å². The van der Waals surface area contributed by atoms with Crippen molar-refractivity contribution in [1.82, 2.24) is 10.2 Å². The second-order valence-corrected chi connectivity index (χ2v) is 4.43. The minimum Gasteiger partial charge on any atom is -1.00 e. The molecule has 0 atom stereocenters. The second kappa shape index (κ2) is 9.05. The van der Waals surface area contributed by atoms with E-state index in [2.05, 4.69) is 5.32 Å². The molecule has 3 nitrogen and oxygen atoms in total. The molecule has 7 heteroatoms. The zero-order chi connectivity index (χ0) is 14.3. The smallest absolute Gasteiger partial charge is 0.416 e. The summed E-state index contributed by atoms with van der Waals surface area (Å²) >= 11 is 0. The summed E-state index contributed by atoms with van der Waals surface area (Å²) in [5, 5.41) is 3.14. The van der Waals surface area contributed by atoms with E-state index in [0.717, 1.165) is 25.2 Å². The van der Waals surface area contributed by atoms with Gasteiger partial charge in [-0.15, -0.1) is 0 Å². The zero-order valence-electron chi connectivity index (χ0n) is 11.5. The molecule has 0 aliphatic carbocycles. The number of nitrogens with zero attached hydrogens (tertiary/aromatic N) is 1. The van der Waals surface area contributed by atoms with Gasteiger partial charge in [0.2, 0.25) is 0 Å². The van der Waals surface area contributed by atoms with Crippen LogP contribution < -0.4 is 22.5 Å². The molecule has 0 radical (unpaired) electrons. The van der Waals surface area contributed by atoms with Gasteiger partial charge in [-0.1, -0.05) is 6.07 Å². The molecule has 116 valence electrons. The molecule has 1 aromatic carbocycles. The molecule has 0 aromatic heterocycles. The average molecular weight is 312 g/mol. The molecule has 0 unspecified atom stereocenters. The summed E-state index contributed by atoms with van der Waals surface area (Å²) in [5.41, 5.74) is -0.689. The molecule has 0 bridgehead atoms. The predicted octanol–water partition coefficient (Wildman–Crippen LogP) is -0.761. The number of halogens is 4. The number of benzene rings is 1. The van der Waals surface area contributed by atoms with E-state index in [1.807, 2.05) is 19.0 Å². The third kappa shape index (κ3) is 7.57. The minimum absolute atomic E-state index is 0. The number of nitrogens with one attached hydrogen (secondary N) is 1. The molecule has 1 rings (SSSR count). The zero-order valence-corrected chi connectivity index (χ0v) is 12.3. The Morgan fingerprint density at radius 2 is 1.90 bits per heavy atom. The molecular weight excluding hydrogens is 293 g/mol. The Bertz CT molecular complexity index is 386. The Morgan fingerprint density at radius 1 is 1.20 bits per heavy atom. The van der Waals surface area contributed by atoms with E-state index in [0.29, 0.717) is 13.2 Å². The van der Waals surface area contributed by atoms with Crippen molar-refractivity contribution in [2.24, 2.45) is 0 Å². The maximum atomic E-state index is 12.5. The highest BCUT2D eigenvalue weighted by molar-refractivity contribution is 5.30. The van der Waals surface area contributed by atoms with Crippen molar-refractivity contribution in [3.63, 3.8) is 0 Å². The van der Waals surface area contributed by atoms with Gasteiger partial charge in [0.1, 0.15) is 12.4 Å². The molecule has 20 heavy (non-hydrogen) atoms. The van der Waals surface area contributed by atoms with Crippen LogP contribution in [0.15, 0.2) is 24.3 Å². The van der Waals surface area contributed by atoms with Gasteiger partial charge in [0.05, 0.1) is 5.56 Å². The predicted molar refractivity (Wildman–Crippen MR) is 68.4 cm³/mol. The summed E-state index contributed by atoms with van der Waals surface area (Å²) < 4.78 is 42.7. The lowest BCUT2D eigenvalue weighted by molar-refractivity contribution is -0.137. The fraction of sp³-hybridized carbons (Fsp3) is 0.538. The van der Waals surface area contributed by atoms with Crippen molar-refractivity contribution < 1.29 is 30.3 Å². The molecule has 1 N–H and O–H groups in total. The number of rotatable bonds is 7. The van der Waals surface area contributed by atoms with Gasteiger partial charge in [-0.2, -0.15) is 13.2 Å². The third-order valence-corrected chi connectivity index (χ3v) is 2.44. The van der Waals surface area contributed by atoms with Crippen LogP contribution in [-0.4, -0.2) is 45.2 Å². The first-order valence-electron chi connectivity index (χ1n) is 6.05. The van der Waals surface area contributed by atoms with Gasteiger partial charge in [-0.05, 0) is 32.3 Å². The van der Waals surface area contributed by atoms with Gasteiger partial charge in [0, 0.05) is 19.6 Å². The number of hydrogen-bond donors (Lipinski definition) is 1. The van der Waals surface area contributed by atoms with Gasteiger partial charge in [-0.25, -0.2) is 0 Å². The highest BCUT2D eigenvalue weighted by atomic mass is 35.5. The molecule has 0 fully saturated rings. The van der Waals surface area contributed by atoms with Gasteiger partial charge >= 0.3 is 6.18 Å². The SMILES string of the molecule is CN(C)CCNCCOc1cccc(C(F)(F)F)c1.[Cl-]. The Labute approximate surface area is 123 Å². The van der Waals surface area contributed by atoms with Crippen molar-refractivity contribution in [3.8, 4) is 5.75 Å². The Balaban J connectivity index is 0.00000361. The maximum absolute atomic E-state index is 12.5. The number of likely N-dealkylation sites (N-methyl/N-ethyl adjacent to an activating group) is 1. The standard InChI is InChI=1S/C13H19F3N2O.ClH/c1-18(2)8-6-17-7-9-19-12-5-3-4-11(10-12)13(14,15)16;/h3-5,10,17H,6-9H2,1-2H3;1H/p-1. The van der Waals surface area contributed by atoms with E-state index in [9.17, 15) is 13.2 Å². The fourth-order valence-corrected chi connectivity index (χ4v) is 1.43. The van der Waals surface area contributed by atoms with E-state index < -0.39 is 11.7 Å². The van der Waals surface area contributed by atoms with Crippen LogP contribution in [0.4, 0.5) is 13.2 Å². The third-order valence-electron chi connectivity index (χ3n) is 2.44. The summed E-state index contributed by atoms with van der Waals surface area (Å²) in [4.78, 5) is 2.04. The maximum Gasteiger partial charge on any atom is 0.416 e. The normalized spacial score (nSPS) is 11.3. The van der Waals surface area contributed by atoms with E-state index >= 15 is 0 Å². The molecule has 0 saturated carbocycles. The largest absolute Gasteiger partial charge is 1.00 e. The lowest BCUT2D eigenvalue weighted by Gasteiger charge is -2.12. The van der Waals surface area contributed by atoms with Crippen LogP contribution in [-0.2, 0) is 6.18 Å². The van der Waals surface area contributed by atoms with Crippen molar-refractivity contribution in [1.29, 1.82) is 0 Å². The second-order valence-electron chi connectivity index (χ2n) is 4.43. The highest BCUT2D eigenvalue weighted by Crippen LogP contribution is 2.31. The molecule has 0 saturated heterocycles. The Morgan fingerprint density at radius 3 is 2.50 bits per heavy atom. The monoisotopic (exact) mass is 311 g/mol. The van der Waals surface area contributed by atoms with Gasteiger partial charge in [0.25, 0.3) is 0 Å². The average Bonchev–Trinajstić information content (AvgIpc) is 2.32. The Hall–Kier alpha value is -0.980. The molecule has 0 aliphatic rings. The van der Waals surface area contributed by atoms with Crippen molar-refractivity contribution >= 4 is 0 Å². The quantitative estimate of drug-likeness (QED) is 0.670. The summed E-state index contributed by atoms with van der Waals surface area (Å²) in [7, 11) is 3.95. The number of hydrogen-bond acceptors (Lipinski definition) is 3. The molecule has 0 amide bonds. The summed E-state index contributed by atoms with van der Waals surface area (Å²) in [6.07, 6.45) is -4.33. The minimum atomic E-state index is -4.33. The van der Waals surface area contributed by atoms with Crippen molar-refractivity contribution in [2.75, 3.05) is 40.3 Å². The van der Waals surface area contributed by atoms with Gasteiger partial charge in [0.15, 0.2) is 0 Å². The first-order chi connectivity index (χ1) is 8.89. The van der Waals surface area contributed by atoms with E-state index in [1.165, 1.54) is 12.1 Å². The van der Waals surface area contributed by atoms with Crippen LogP contribution in [0.25, 0.3) is 0 Å². The summed E-state index contributed by atoms with van der Waals surface area (Å²) in [6, 6.07) is 4.91. The van der Waals surface area contributed by atoms with Crippen molar-refractivity contribution in [2.45, 2.75) is 6.18 Å². The van der Waals surface area contributed by atoms with Crippen LogP contribution in [0.1, 0.15) is 5.56 Å². The number of ether oxygens (including phenoxy) is 1. The van der Waals surface area contributed by atoms with E-state index in [-0.39, 0.29) is 18.2 Å². The van der Waals surface area contributed by atoms with Crippen LogP contribution in [0.3, 0.4) is 0 Å². The number of alkyl halides is 3. The lowest BCUT2D eigenvalue weighted by Crippen LogP contribution is -3.00. The van der Waals surface area contributed by atoms with E-state index in [1.54, 1.807) is 0 Å².